The fourth-order valence-corrected chi connectivity index (χ4v) is 8.23. The van der Waals surface area contributed by atoms with Crippen LogP contribution >= 0.6 is 44.8 Å². The topological polar surface area (TPSA) is 190 Å². The Kier molecular flexibility index (Phi) is 15.0. The summed E-state index contributed by atoms with van der Waals surface area (Å²) in [7, 11) is 2.97. The number of aromatic nitrogens is 1. The van der Waals surface area contributed by atoms with Crippen molar-refractivity contribution in [2.75, 3.05) is 36.5 Å². The van der Waals surface area contributed by atoms with Gasteiger partial charge in [-0.3, -0.25) is 39.1 Å². The number of fused-ring (bicyclic) bond motifs is 1. The van der Waals surface area contributed by atoms with Gasteiger partial charge in [-0.25, -0.2) is 8.78 Å². The number of halogens is 4. The van der Waals surface area contributed by atoms with E-state index in [0.29, 0.717) is 35.3 Å². The molecule has 57 heavy (non-hydrogen) atoms. The number of hydrogen-bond acceptors (Lipinski definition) is 11. The number of para-hydroxylation sites is 1. The van der Waals surface area contributed by atoms with Crippen molar-refractivity contribution in [1.29, 1.82) is 0 Å². The molecule has 1 aromatic heterocycles. The van der Waals surface area contributed by atoms with Gasteiger partial charge in [0, 0.05) is 59.6 Å². The van der Waals surface area contributed by atoms with Crippen LogP contribution in [0.1, 0.15) is 46.4 Å². The van der Waals surface area contributed by atoms with Crippen molar-refractivity contribution < 1.29 is 42.4 Å². The van der Waals surface area contributed by atoms with Crippen LogP contribution in [-0.2, 0) is 14.4 Å². The zero-order valence-corrected chi connectivity index (χ0v) is 33.0. The Morgan fingerprint density at radius 3 is 2.46 bits per heavy atom. The number of non-ortho nitro benzene ring substituents is 1. The van der Waals surface area contributed by atoms with E-state index in [1.807, 2.05) is 0 Å². The third-order valence-corrected chi connectivity index (χ3v) is 11.5. The number of benzene rings is 3. The lowest BCUT2D eigenvalue weighted by Gasteiger charge is -2.23. The first kappa shape index (κ1) is 43.1. The summed E-state index contributed by atoms with van der Waals surface area (Å²) in [4.78, 5) is 79.6. The van der Waals surface area contributed by atoms with Crippen molar-refractivity contribution in [3.05, 3.63) is 104 Å². The minimum absolute atomic E-state index is 0.0348. The number of carbonyl (C=O) groups excluding carboxylic acids is 5. The number of nitrogens with one attached hydrogen (secondary N) is 3. The maximum absolute atomic E-state index is 14.4. The van der Waals surface area contributed by atoms with Crippen molar-refractivity contribution in [2.45, 2.75) is 37.6 Å². The van der Waals surface area contributed by atoms with E-state index in [1.165, 1.54) is 64.2 Å². The van der Waals surface area contributed by atoms with Crippen LogP contribution < -0.4 is 20.7 Å². The van der Waals surface area contributed by atoms with Gasteiger partial charge in [0.25, 0.3) is 23.4 Å². The third kappa shape index (κ3) is 12.0. The Bertz CT molecular complexity index is 2180. The molecular weight excluding hydrogens is 829 g/mol. The summed E-state index contributed by atoms with van der Waals surface area (Å²) in [6.45, 7) is -1.32. The van der Waals surface area contributed by atoms with Gasteiger partial charge < -0.3 is 25.6 Å². The van der Waals surface area contributed by atoms with E-state index in [0.717, 1.165) is 11.0 Å². The normalized spacial score (nSPS) is 14.5. The zero-order chi connectivity index (χ0) is 41.1. The van der Waals surface area contributed by atoms with E-state index in [2.05, 4.69) is 20.9 Å². The lowest BCUT2D eigenvalue weighted by Crippen LogP contribution is -2.49. The Labute approximate surface area is 342 Å². The fraction of sp³-hybridized carbons (Fsp3) is 0.297. The van der Waals surface area contributed by atoms with Gasteiger partial charge in [-0.15, -0.1) is 0 Å². The number of nitro benzene ring substituents is 1. The first-order valence-corrected chi connectivity index (χ1v) is 20.5. The van der Waals surface area contributed by atoms with Gasteiger partial charge in [-0.05, 0) is 49.2 Å². The second-order valence-electron chi connectivity index (χ2n) is 12.5. The smallest absolute Gasteiger partial charge is 0.311 e. The molecule has 0 bridgehead atoms. The van der Waals surface area contributed by atoms with E-state index >= 15 is 0 Å². The standard InChI is InChI=1S/C37H34Cl2F2N6O8S2/c38-22-8-11-31(26(17-22)35(51)45-29-10-9-23(47(53)54)18-27(29)39)55-33(49)7-3-15-56-57-16-4-13-43-36(52)30-19-37(40,41)21-46(30)32(48)20-44-34(50)25-12-14-42-28-6-2-1-5-24(25)28/h1-2,5-6,8-12,14,17-18,30H,3-4,7,13,15-16,19-21H2,(H,43,52)(H,44,50)(H,45,51). The van der Waals surface area contributed by atoms with Crippen molar-refractivity contribution in [3.8, 4) is 5.75 Å². The summed E-state index contributed by atoms with van der Waals surface area (Å²) in [5, 5.41) is 19.3. The van der Waals surface area contributed by atoms with Crippen LogP contribution in [0, 0.1) is 10.1 Å². The molecule has 1 atom stereocenters. The highest BCUT2D eigenvalue weighted by Gasteiger charge is 2.49. The molecule has 20 heteroatoms. The van der Waals surface area contributed by atoms with Crippen LogP contribution in [-0.4, -0.2) is 87.5 Å². The summed E-state index contributed by atoms with van der Waals surface area (Å²) in [5.74, 6) is -5.53. The number of carbonyl (C=O) groups is 5. The highest BCUT2D eigenvalue weighted by Crippen LogP contribution is 2.33. The molecule has 14 nitrogen and oxygen atoms in total. The van der Waals surface area contributed by atoms with Crippen LogP contribution in [0.25, 0.3) is 10.9 Å². The second-order valence-corrected chi connectivity index (χ2v) is 16.1. The van der Waals surface area contributed by atoms with E-state index in [-0.39, 0.29) is 51.3 Å². The third-order valence-electron chi connectivity index (χ3n) is 8.40. The van der Waals surface area contributed by atoms with E-state index < -0.39 is 66.0 Å². The molecule has 1 unspecified atom stereocenters. The number of anilines is 1. The molecule has 5 rings (SSSR count). The highest BCUT2D eigenvalue weighted by molar-refractivity contribution is 8.76. The van der Waals surface area contributed by atoms with Crippen molar-refractivity contribution >= 4 is 96.7 Å². The molecule has 0 saturated carbocycles. The van der Waals surface area contributed by atoms with Gasteiger partial charge >= 0.3 is 5.97 Å². The lowest BCUT2D eigenvalue weighted by molar-refractivity contribution is -0.384. The zero-order valence-electron chi connectivity index (χ0n) is 29.8. The van der Waals surface area contributed by atoms with Gasteiger partial charge in [0.1, 0.15) is 11.8 Å². The summed E-state index contributed by atoms with van der Waals surface area (Å²) in [6.07, 6.45) is 1.61. The molecule has 0 radical (unpaired) electrons. The first-order chi connectivity index (χ1) is 27.2. The molecular formula is C37H34Cl2F2N6O8S2. The molecule has 1 fully saturated rings. The highest BCUT2D eigenvalue weighted by atomic mass is 35.5. The second kappa shape index (κ2) is 19.9. The summed E-state index contributed by atoms with van der Waals surface area (Å²) in [6, 6.07) is 14.7. The van der Waals surface area contributed by atoms with Gasteiger partial charge in [0.05, 0.1) is 45.4 Å². The van der Waals surface area contributed by atoms with E-state index in [4.69, 9.17) is 27.9 Å². The number of pyridine rings is 1. The SMILES string of the molecule is O=C(CCCSSCCCNC(=O)C1CC(F)(F)CN1C(=O)CNC(=O)c1ccnc2ccccc12)Oc1ccc(Cl)cc1C(=O)Nc1ccc([N+](=O)[O-])cc1Cl. The minimum Gasteiger partial charge on any atom is -0.426 e. The number of likely N-dealkylation sites (tertiary alicyclic amines) is 1. The minimum atomic E-state index is -3.26. The molecule has 1 aliphatic heterocycles. The lowest BCUT2D eigenvalue weighted by atomic mass is 10.1. The number of hydrogen-bond donors (Lipinski definition) is 3. The van der Waals surface area contributed by atoms with Crippen molar-refractivity contribution in [1.82, 2.24) is 20.5 Å². The summed E-state index contributed by atoms with van der Waals surface area (Å²) >= 11 is 12.2. The maximum atomic E-state index is 14.4. The molecule has 300 valence electrons. The molecule has 4 amide bonds. The predicted molar refractivity (Wildman–Crippen MR) is 214 cm³/mol. The Balaban J connectivity index is 0.987. The van der Waals surface area contributed by atoms with Crippen LogP contribution in [0.3, 0.4) is 0 Å². The number of alkyl halides is 2. The average Bonchev–Trinajstić information content (AvgIpc) is 3.52. The van der Waals surface area contributed by atoms with E-state index in [1.54, 1.807) is 24.3 Å². The fourth-order valence-electron chi connectivity index (χ4n) is 5.66. The number of nitrogens with zero attached hydrogens (tertiary/aromatic N) is 3. The predicted octanol–water partition coefficient (Wildman–Crippen LogP) is 6.94. The number of nitro groups is 1. The summed E-state index contributed by atoms with van der Waals surface area (Å²) < 4.78 is 34.2. The molecule has 3 aromatic carbocycles. The van der Waals surface area contributed by atoms with Gasteiger partial charge in [0.2, 0.25) is 11.8 Å². The maximum Gasteiger partial charge on any atom is 0.311 e. The van der Waals surface area contributed by atoms with Crippen molar-refractivity contribution in [3.63, 3.8) is 0 Å². The number of ether oxygens (including phenoxy) is 1. The number of rotatable bonds is 17. The van der Waals surface area contributed by atoms with Gasteiger partial charge in [0.15, 0.2) is 0 Å². The molecule has 2 heterocycles. The monoisotopic (exact) mass is 862 g/mol. The Morgan fingerprint density at radius 1 is 0.947 bits per heavy atom. The summed E-state index contributed by atoms with van der Waals surface area (Å²) in [5.41, 5.74) is 0.648. The van der Waals surface area contributed by atoms with Gasteiger partial charge in [-0.1, -0.05) is 63.0 Å². The van der Waals surface area contributed by atoms with Crippen LogP contribution in [0.4, 0.5) is 20.2 Å². The molecule has 4 aromatic rings. The quantitative estimate of drug-likeness (QED) is 0.0249. The van der Waals surface area contributed by atoms with Crippen molar-refractivity contribution in [2.24, 2.45) is 0 Å². The molecule has 0 spiro atoms. The van der Waals surface area contributed by atoms with Crippen LogP contribution in [0.2, 0.25) is 10.0 Å². The first-order valence-electron chi connectivity index (χ1n) is 17.3. The molecule has 1 saturated heterocycles. The van der Waals surface area contributed by atoms with E-state index in [9.17, 15) is 42.9 Å². The molecule has 0 aliphatic carbocycles. The molecule has 1 aliphatic rings. The Hall–Kier alpha value is -5.04. The number of amides is 4. The van der Waals surface area contributed by atoms with Crippen LogP contribution in [0.15, 0.2) is 72.9 Å². The van der Waals surface area contributed by atoms with Gasteiger partial charge in [-0.2, -0.15) is 0 Å². The van der Waals surface area contributed by atoms with Crippen LogP contribution in [0.5, 0.6) is 5.75 Å². The number of esters is 1. The Morgan fingerprint density at radius 2 is 1.70 bits per heavy atom. The largest absolute Gasteiger partial charge is 0.426 e. The molecule has 3 N–H and O–H groups in total. The average molecular weight is 864 g/mol.